The standard InChI is InChI=1S/C43H55N7O6.11F2/c1-24(2)37(51)40(53)46-26(5)42(55)49-19-7-9-35(49)33-21-32(22-44-33)30-13-11-28(12-14-30)29-15-17-31(18-16-29)34-23-45-39(48-34)36-10-8-20-50(36)43(56)27(6)47-41(54)38(52)25(3)4;11*1-2/h11-18,22-27,35-38,51-52H,7-10,19-21H2,1-6H3,(H,45,48)(H,46,53)(H,47,54);;;;;;;;;;;/t26-,27-,35-,36-,37+,38+;;;;;;;;;;;/m0.........../s1. The van der Waals surface area contributed by atoms with Crippen molar-refractivity contribution in [3.63, 3.8) is 0 Å². The van der Waals surface area contributed by atoms with Crippen LogP contribution in [0.25, 0.3) is 28.0 Å². The van der Waals surface area contributed by atoms with Crippen LogP contribution in [0.3, 0.4) is 0 Å². The first kappa shape index (κ1) is 82.7. The molecule has 78 heavy (non-hydrogen) atoms. The SMILES string of the molecule is CC(C)[C@@H](O)C(=O)N[C@@H](C)C(=O)N1CCC[C@H]1C1=NC=C(c2ccc(-c3ccc(-c4cnc([C@@H]5CCCN5C(=O)[C@H](C)NC(=O)[C@H](O)C(C)C)[nH]4)cc3)cc2)C1.FF.FF.FF.FF.FF.FF.FF.FF.FF.FF.FF. The van der Waals surface area contributed by atoms with Crippen molar-refractivity contribution in [1.29, 1.82) is 0 Å². The molecule has 452 valence electrons. The Labute approximate surface area is 429 Å². The molecule has 3 aromatic rings. The van der Waals surface area contributed by atoms with Crippen LogP contribution in [0.5, 0.6) is 0 Å². The second kappa shape index (κ2) is 51.1. The van der Waals surface area contributed by atoms with Gasteiger partial charge in [-0.15, -0.1) is 0 Å². The fourth-order valence-corrected chi connectivity index (χ4v) is 7.72. The van der Waals surface area contributed by atoms with Gasteiger partial charge < -0.3 is 35.6 Å². The molecule has 0 bridgehead atoms. The summed E-state index contributed by atoms with van der Waals surface area (Å²) >= 11 is 0. The highest BCUT2D eigenvalue weighted by atomic mass is 20.0. The summed E-state index contributed by atoms with van der Waals surface area (Å²) in [6.07, 6.45) is 5.26. The minimum Gasteiger partial charge on any atom is -0.383 e. The molecule has 0 unspecified atom stereocenters. The fourth-order valence-electron chi connectivity index (χ4n) is 7.72. The van der Waals surface area contributed by atoms with Gasteiger partial charge in [0, 0.05) is 132 Å². The maximum absolute atomic E-state index is 13.4. The number of hydrogen-bond acceptors (Lipinski definition) is 8. The number of aliphatic hydroxyl groups is 2. The zero-order chi connectivity index (χ0) is 62.3. The predicted octanol–water partition coefficient (Wildman–Crippen LogP) is 13.9. The molecule has 4 heterocycles. The minimum atomic E-state index is -1.17. The van der Waals surface area contributed by atoms with Crippen LogP contribution >= 0.6 is 0 Å². The van der Waals surface area contributed by atoms with Crippen LogP contribution in [0.4, 0.5) is 101 Å². The second-order valence-corrected chi connectivity index (χ2v) is 16.0. The highest BCUT2D eigenvalue weighted by Gasteiger charge is 2.37. The lowest BCUT2D eigenvalue weighted by Crippen LogP contribution is -2.52. The summed E-state index contributed by atoms with van der Waals surface area (Å²) < 4.78 is 176. The molecule has 2 fully saturated rings. The summed E-state index contributed by atoms with van der Waals surface area (Å²) in [7, 11) is 0. The topological polar surface area (TPSA) is 180 Å². The Kier molecular flexibility index (Phi) is 54.1. The molecule has 0 saturated carbocycles. The number of H-pyrrole nitrogens is 1. The number of nitrogens with zero attached hydrogens (tertiary/aromatic N) is 4. The Morgan fingerprint density at radius 3 is 1.23 bits per heavy atom. The third-order valence-corrected chi connectivity index (χ3v) is 11.2. The molecule has 3 aliphatic rings. The van der Waals surface area contributed by atoms with Crippen LogP contribution in [0.2, 0.25) is 0 Å². The van der Waals surface area contributed by atoms with Gasteiger partial charge in [-0.25, -0.2) is 4.98 Å². The third-order valence-electron chi connectivity index (χ3n) is 11.2. The fraction of sp³-hybridized carbons (Fsp3) is 0.488. The van der Waals surface area contributed by atoms with Gasteiger partial charge in [-0.2, -0.15) is 0 Å². The van der Waals surface area contributed by atoms with Gasteiger partial charge >= 0.3 is 0 Å². The number of benzene rings is 2. The number of allylic oxidation sites excluding steroid dienone is 1. The molecule has 13 nitrogen and oxygen atoms in total. The Hall–Kier alpha value is -6.68. The quantitative estimate of drug-likeness (QED) is 0.106. The van der Waals surface area contributed by atoms with Crippen LogP contribution in [-0.2, 0) is 19.2 Å². The first-order chi connectivity index (χ1) is 37.7. The van der Waals surface area contributed by atoms with E-state index >= 15 is 0 Å². The van der Waals surface area contributed by atoms with Crippen molar-refractivity contribution < 1.29 is 130 Å². The largest absolute Gasteiger partial charge is 0.383 e. The number of nitrogens with one attached hydrogen (secondary N) is 3. The predicted molar refractivity (Wildman–Crippen MR) is 239 cm³/mol. The van der Waals surface area contributed by atoms with Gasteiger partial charge in [0.25, 0.3) is 0 Å². The Morgan fingerprint density at radius 2 is 0.859 bits per heavy atom. The Balaban J connectivity index is -0.000000525. The first-order valence-electron chi connectivity index (χ1n) is 21.4. The molecule has 0 aliphatic carbocycles. The normalized spacial score (nSPS) is 15.5. The number of likely N-dealkylation sites (tertiary alicyclic amines) is 2. The maximum atomic E-state index is 13.4. The minimum absolute atomic E-state index is 0.123. The number of hydrogen-bond donors (Lipinski definition) is 5. The van der Waals surface area contributed by atoms with Crippen molar-refractivity contribution in [2.45, 2.75) is 110 Å². The van der Waals surface area contributed by atoms with E-state index in [1.54, 1.807) is 52.6 Å². The van der Waals surface area contributed by atoms with Crippen molar-refractivity contribution in [2.75, 3.05) is 13.1 Å². The number of amides is 4. The summed E-state index contributed by atoms with van der Waals surface area (Å²) in [5, 5.41) is 25.5. The molecule has 0 spiro atoms. The van der Waals surface area contributed by atoms with Gasteiger partial charge in [0.15, 0.2) is 0 Å². The summed E-state index contributed by atoms with van der Waals surface area (Å²) in [5.41, 5.74) is 7.04. The average molecular weight is 1180 g/mol. The highest BCUT2D eigenvalue weighted by molar-refractivity contribution is 6.04. The monoisotopic (exact) mass is 1180 g/mol. The summed E-state index contributed by atoms with van der Waals surface area (Å²) in [5.74, 6) is -1.24. The van der Waals surface area contributed by atoms with Crippen LogP contribution < -0.4 is 10.6 Å². The van der Waals surface area contributed by atoms with E-state index in [0.29, 0.717) is 25.3 Å². The lowest BCUT2D eigenvalue weighted by Gasteiger charge is -2.29. The van der Waals surface area contributed by atoms with E-state index in [2.05, 4.69) is 57.0 Å². The van der Waals surface area contributed by atoms with Crippen molar-refractivity contribution in [3.8, 4) is 22.4 Å². The van der Waals surface area contributed by atoms with Crippen molar-refractivity contribution in [1.82, 2.24) is 30.4 Å². The van der Waals surface area contributed by atoms with E-state index in [4.69, 9.17) is 106 Å². The Bertz CT molecular complexity index is 2030. The zero-order valence-electron chi connectivity index (χ0n) is 41.5. The van der Waals surface area contributed by atoms with Gasteiger partial charge in [-0.1, -0.05) is 76.2 Å². The number of carbonyl (C=O) groups is 4. The Morgan fingerprint density at radius 1 is 0.526 bits per heavy atom. The molecule has 4 amide bonds. The lowest BCUT2D eigenvalue weighted by molar-refractivity contribution is -0.140. The molecule has 2 aromatic carbocycles. The number of carbonyl (C=O) groups excluding carboxylic acids is 4. The number of aliphatic imine (C=N–C) groups is 1. The summed E-state index contributed by atoms with van der Waals surface area (Å²) in [6, 6.07) is 14.7. The van der Waals surface area contributed by atoms with Crippen molar-refractivity contribution in [2.24, 2.45) is 16.8 Å². The molecule has 3 aliphatic heterocycles. The highest BCUT2D eigenvalue weighted by Crippen LogP contribution is 2.34. The summed E-state index contributed by atoms with van der Waals surface area (Å²) in [4.78, 5) is 67.8. The molecule has 2 saturated heterocycles. The van der Waals surface area contributed by atoms with E-state index in [0.717, 1.165) is 64.9 Å². The van der Waals surface area contributed by atoms with E-state index < -0.39 is 36.1 Å². The second-order valence-electron chi connectivity index (χ2n) is 16.0. The smallest absolute Gasteiger partial charge is 0.249 e. The van der Waals surface area contributed by atoms with Crippen molar-refractivity contribution in [3.05, 3.63) is 72.3 Å². The number of rotatable bonds is 13. The van der Waals surface area contributed by atoms with E-state index in [-0.39, 0.29) is 35.7 Å². The molecule has 0 radical (unpaired) electrons. The molecular weight excluding hydrogens is 1130 g/mol. The maximum Gasteiger partial charge on any atom is 0.249 e. The summed E-state index contributed by atoms with van der Waals surface area (Å²) in [6.45, 7) is 11.5. The molecule has 6 atom stereocenters. The number of aromatic amines is 1. The zero-order valence-corrected chi connectivity index (χ0v) is 41.5. The van der Waals surface area contributed by atoms with Crippen LogP contribution in [0, 0.1) is 11.8 Å². The van der Waals surface area contributed by atoms with E-state index in [1.807, 2.05) is 23.2 Å². The molecule has 1 aromatic heterocycles. The number of aliphatic hydroxyl groups excluding tert-OH is 2. The number of halogens is 22. The first-order valence-corrected chi connectivity index (χ1v) is 21.4. The van der Waals surface area contributed by atoms with Gasteiger partial charge in [-0.05, 0) is 79.2 Å². The number of imidazole rings is 1. The van der Waals surface area contributed by atoms with E-state index in [1.165, 1.54) is 0 Å². The third kappa shape index (κ3) is 26.1. The van der Waals surface area contributed by atoms with Crippen LogP contribution in [0.15, 0.2) is 65.9 Å². The van der Waals surface area contributed by atoms with Gasteiger partial charge in [-0.3, -0.25) is 24.2 Å². The molecular formula is C43H55F22N7O6. The van der Waals surface area contributed by atoms with Crippen LogP contribution in [0.1, 0.15) is 91.1 Å². The van der Waals surface area contributed by atoms with Gasteiger partial charge in [0.05, 0.1) is 24.0 Å². The molecule has 5 N–H and O–H groups in total. The lowest BCUT2D eigenvalue weighted by atomic mass is 9.96. The van der Waals surface area contributed by atoms with Crippen LogP contribution in [-0.4, -0.2) is 103 Å². The number of aromatic nitrogens is 2. The van der Waals surface area contributed by atoms with Gasteiger partial charge in [0.1, 0.15) is 30.1 Å². The van der Waals surface area contributed by atoms with E-state index in [9.17, 15) is 29.4 Å². The van der Waals surface area contributed by atoms with Crippen molar-refractivity contribution >= 4 is 34.9 Å². The van der Waals surface area contributed by atoms with Gasteiger partial charge in [0.2, 0.25) is 23.6 Å². The molecule has 35 heteroatoms. The molecule has 6 rings (SSSR count). The average Bonchev–Trinajstić information content (AvgIpc) is 4.39.